The third kappa shape index (κ3) is 4.85. The first-order chi connectivity index (χ1) is 16.4. The van der Waals surface area contributed by atoms with E-state index in [9.17, 15) is 9.90 Å². The number of nitrogens with zero attached hydrogens (tertiary/aromatic N) is 1. The van der Waals surface area contributed by atoms with Crippen molar-refractivity contribution in [1.82, 2.24) is 10.2 Å². The number of benzene rings is 1. The third-order valence-electron chi connectivity index (χ3n) is 8.03. The van der Waals surface area contributed by atoms with Crippen LogP contribution in [0.2, 0.25) is 0 Å². The predicted octanol–water partition coefficient (Wildman–Crippen LogP) is 5.34. The van der Waals surface area contributed by atoms with Crippen molar-refractivity contribution >= 4 is 39.2 Å². The number of amides is 1. The lowest BCUT2D eigenvalue weighted by atomic mass is 9.55. The number of piperidine rings is 1. The molecule has 1 saturated heterocycles. The second kappa shape index (κ2) is 9.76. The van der Waals surface area contributed by atoms with Crippen LogP contribution in [0.25, 0.3) is 6.08 Å². The van der Waals surface area contributed by atoms with Gasteiger partial charge in [0, 0.05) is 52.5 Å². The van der Waals surface area contributed by atoms with Crippen LogP contribution >= 0.6 is 27.3 Å². The minimum Gasteiger partial charge on any atom is -0.508 e. The van der Waals surface area contributed by atoms with Crippen LogP contribution in [0, 0.1) is 5.92 Å². The fraction of sp³-hybridized carbons (Fsp3) is 0.519. The summed E-state index contributed by atoms with van der Waals surface area (Å²) in [6, 6.07) is 9.76. The Hall–Kier alpha value is -1.67. The molecule has 1 aliphatic heterocycles. The van der Waals surface area contributed by atoms with Crippen LogP contribution < -0.4 is 5.32 Å². The Morgan fingerprint density at radius 1 is 1.32 bits per heavy atom. The molecule has 2 heterocycles. The van der Waals surface area contributed by atoms with Crippen molar-refractivity contribution in [1.29, 1.82) is 0 Å². The Balaban J connectivity index is 1.38. The highest BCUT2D eigenvalue weighted by Crippen LogP contribution is 2.54. The zero-order chi connectivity index (χ0) is 23.8. The van der Waals surface area contributed by atoms with Crippen molar-refractivity contribution in [3.8, 4) is 5.75 Å². The van der Waals surface area contributed by atoms with Gasteiger partial charge < -0.3 is 20.1 Å². The number of rotatable bonds is 7. The standard InChI is InChI=1S/C27H33BrN2O3S/c1-33-27-10-9-22(29-25(32)8-7-24-14-21(28)17-34-24)15-26(27,20-3-2-4-23(31)13-20)11-12-30(18-27)16-19-5-6-19/h2-4,7-8,13-14,17,19,22,31H,5-6,9-12,15-16,18H2,1H3,(H,29,32)/t22-,26-,27-/m0/s1. The van der Waals surface area contributed by atoms with Gasteiger partial charge in [0.2, 0.25) is 5.91 Å². The van der Waals surface area contributed by atoms with Crippen molar-refractivity contribution in [2.24, 2.45) is 5.92 Å². The fourth-order valence-corrected chi connectivity index (χ4v) is 7.50. The van der Waals surface area contributed by atoms with E-state index in [1.54, 1.807) is 23.5 Å². The molecule has 0 spiro atoms. The van der Waals surface area contributed by atoms with E-state index < -0.39 is 0 Å². The lowest BCUT2D eigenvalue weighted by Gasteiger charge is -2.60. The molecule has 2 aromatic rings. The molecule has 5 rings (SSSR count). The number of aromatic hydroxyl groups is 1. The molecule has 2 aliphatic carbocycles. The van der Waals surface area contributed by atoms with Crippen LogP contribution in [0.5, 0.6) is 5.75 Å². The summed E-state index contributed by atoms with van der Waals surface area (Å²) in [5.74, 6) is 1.07. The summed E-state index contributed by atoms with van der Waals surface area (Å²) in [5, 5.41) is 15.6. The smallest absolute Gasteiger partial charge is 0.244 e. The Kier molecular flexibility index (Phi) is 6.90. The Morgan fingerprint density at radius 3 is 2.88 bits per heavy atom. The van der Waals surface area contributed by atoms with Crippen LogP contribution in [-0.4, -0.2) is 54.3 Å². The van der Waals surface area contributed by atoms with Crippen molar-refractivity contribution < 1.29 is 14.6 Å². The summed E-state index contributed by atoms with van der Waals surface area (Å²) in [6.07, 6.45) is 9.73. The topological polar surface area (TPSA) is 61.8 Å². The molecule has 3 fully saturated rings. The first-order valence-electron chi connectivity index (χ1n) is 12.2. The quantitative estimate of drug-likeness (QED) is 0.462. The highest BCUT2D eigenvalue weighted by atomic mass is 79.9. The van der Waals surface area contributed by atoms with Gasteiger partial charge in [-0.05, 0) is 96.8 Å². The zero-order valence-corrected chi connectivity index (χ0v) is 22.0. The van der Waals surface area contributed by atoms with Crippen LogP contribution in [0.1, 0.15) is 49.0 Å². The number of ether oxygens (including phenoxy) is 1. The first-order valence-corrected chi connectivity index (χ1v) is 13.9. The second-order valence-corrected chi connectivity index (χ2v) is 12.1. The van der Waals surface area contributed by atoms with Gasteiger partial charge >= 0.3 is 0 Å². The average molecular weight is 546 g/mol. The van der Waals surface area contributed by atoms with E-state index in [4.69, 9.17) is 4.74 Å². The van der Waals surface area contributed by atoms with Crippen LogP contribution in [-0.2, 0) is 14.9 Å². The van der Waals surface area contributed by atoms with Crippen molar-refractivity contribution in [3.63, 3.8) is 0 Å². The van der Waals surface area contributed by atoms with Gasteiger partial charge in [0.05, 0.1) is 5.60 Å². The summed E-state index contributed by atoms with van der Waals surface area (Å²) in [5.41, 5.74) is 0.547. The number of fused-ring (bicyclic) bond motifs is 1. The molecule has 1 aromatic heterocycles. The number of thiophene rings is 1. The average Bonchev–Trinajstić information content (AvgIpc) is 3.55. The van der Waals surface area contributed by atoms with Gasteiger partial charge in [0.1, 0.15) is 5.75 Å². The second-order valence-electron chi connectivity index (χ2n) is 10.2. The molecule has 0 unspecified atom stereocenters. The number of nitrogens with one attached hydrogen (secondary N) is 1. The summed E-state index contributed by atoms with van der Waals surface area (Å²) in [7, 11) is 1.85. The number of methoxy groups -OCH3 is 1. The van der Waals surface area contributed by atoms with Crippen molar-refractivity contribution in [2.75, 3.05) is 26.7 Å². The summed E-state index contributed by atoms with van der Waals surface area (Å²) in [4.78, 5) is 16.4. The van der Waals surface area contributed by atoms with Crippen molar-refractivity contribution in [2.45, 2.75) is 55.6 Å². The number of carbonyl (C=O) groups excluding carboxylic acids is 1. The molecule has 182 valence electrons. The van der Waals surface area contributed by atoms with Crippen molar-refractivity contribution in [3.05, 3.63) is 56.7 Å². The number of carbonyl (C=O) groups is 1. The number of hydrogen-bond donors (Lipinski definition) is 2. The van der Waals surface area contributed by atoms with Gasteiger partial charge in [0.15, 0.2) is 0 Å². The first kappa shape index (κ1) is 24.0. The third-order valence-corrected chi connectivity index (χ3v) is 9.69. The van der Waals surface area contributed by atoms with Gasteiger partial charge in [0.25, 0.3) is 0 Å². The van der Waals surface area contributed by atoms with E-state index in [-0.39, 0.29) is 28.7 Å². The van der Waals surface area contributed by atoms with E-state index in [1.165, 1.54) is 12.8 Å². The van der Waals surface area contributed by atoms with E-state index in [1.807, 2.05) is 36.8 Å². The van der Waals surface area contributed by atoms with Gasteiger partial charge in [-0.1, -0.05) is 12.1 Å². The maximum atomic E-state index is 12.8. The fourth-order valence-electron chi connectivity index (χ4n) is 6.16. The van der Waals surface area contributed by atoms with Crippen LogP contribution in [0.3, 0.4) is 0 Å². The predicted molar refractivity (Wildman–Crippen MR) is 140 cm³/mol. The lowest BCUT2D eigenvalue weighted by molar-refractivity contribution is -0.150. The van der Waals surface area contributed by atoms with Gasteiger partial charge in [-0.2, -0.15) is 0 Å². The number of halogens is 1. The molecule has 0 radical (unpaired) electrons. The molecule has 1 amide bonds. The van der Waals surface area contributed by atoms with E-state index in [2.05, 4.69) is 32.2 Å². The largest absolute Gasteiger partial charge is 0.508 e. The molecule has 3 atom stereocenters. The number of phenols is 1. The summed E-state index contributed by atoms with van der Waals surface area (Å²) in [6.45, 7) is 3.08. The monoisotopic (exact) mass is 544 g/mol. The molecule has 1 aromatic carbocycles. The number of hydrogen-bond acceptors (Lipinski definition) is 5. The zero-order valence-electron chi connectivity index (χ0n) is 19.6. The van der Waals surface area contributed by atoms with E-state index in [0.717, 1.165) is 66.1 Å². The Bertz CT molecular complexity index is 1070. The lowest BCUT2D eigenvalue weighted by Crippen LogP contribution is -2.68. The Labute approximate surface area is 214 Å². The molecular formula is C27H33BrN2O3S. The minimum atomic E-state index is -0.325. The molecule has 5 nitrogen and oxygen atoms in total. The maximum Gasteiger partial charge on any atom is 0.244 e. The molecule has 0 bridgehead atoms. The summed E-state index contributed by atoms with van der Waals surface area (Å²) >= 11 is 5.06. The molecule has 34 heavy (non-hydrogen) atoms. The normalized spacial score (nSPS) is 29.8. The molecule has 2 saturated carbocycles. The highest BCUT2D eigenvalue weighted by Gasteiger charge is 2.59. The number of likely N-dealkylation sites (tertiary alicyclic amines) is 1. The molecule has 7 heteroatoms. The molecular weight excluding hydrogens is 512 g/mol. The highest BCUT2D eigenvalue weighted by molar-refractivity contribution is 9.10. The van der Waals surface area contributed by atoms with Crippen LogP contribution in [0.4, 0.5) is 0 Å². The summed E-state index contributed by atoms with van der Waals surface area (Å²) < 4.78 is 7.45. The van der Waals surface area contributed by atoms with E-state index >= 15 is 0 Å². The SMILES string of the molecule is CO[C@]12CC[C@H](NC(=O)C=Cc3cc(Br)cs3)C[C@]1(c1cccc(O)c1)CCN(CC1CC1)C2. The number of phenolic OH excluding ortho intramolecular Hbond substituents is 1. The van der Waals surface area contributed by atoms with Gasteiger partial charge in [-0.15, -0.1) is 11.3 Å². The molecule has 3 aliphatic rings. The minimum absolute atomic E-state index is 0.0586. The molecule has 2 N–H and O–H groups in total. The van der Waals surface area contributed by atoms with Gasteiger partial charge in [-0.3, -0.25) is 4.79 Å². The Morgan fingerprint density at radius 2 is 2.18 bits per heavy atom. The van der Waals surface area contributed by atoms with Gasteiger partial charge in [-0.25, -0.2) is 0 Å². The van der Waals surface area contributed by atoms with Crippen LogP contribution in [0.15, 0.2) is 46.3 Å². The maximum absolute atomic E-state index is 12.8. The van der Waals surface area contributed by atoms with E-state index in [0.29, 0.717) is 0 Å².